The fourth-order valence-corrected chi connectivity index (χ4v) is 8.39. The van der Waals surface area contributed by atoms with Crippen LogP contribution in [0.2, 0.25) is 0 Å². The third kappa shape index (κ3) is 7.98. The molecule has 0 saturated heterocycles. The van der Waals surface area contributed by atoms with Gasteiger partial charge >= 0.3 is 5.69 Å². The Bertz CT molecular complexity index is 2130. The van der Waals surface area contributed by atoms with Crippen LogP contribution in [0.1, 0.15) is 73.6 Å². The zero-order valence-electron chi connectivity index (χ0n) is 29.6. The van der Waals surface area contributed by atoms with Crippen molar-refractivity contribution in [1.29, 1.82) is 0 Å². The van der Waals surface area contributed by atoms with Crippen LogP contribution in [0.4, 0.5) is 5.69 Å². The van der Waals surface area contributed by atoms with Crippen molar-refractivity contribution in [3.05, 3.63) is 106 Å². The second-order valence-corrected chi connectivity index (χ2v) is 15.6. The standard InChI is InChI=1S/C38H46N8O5S/c1-26-9-10-27(2)45(26)37-20-12-30(23-40-37)35(47)25-39-24-33-17-11-29-22-34(18-19-36(29)51-33)52(49,50)41-31-13-15-32(16-14-31)46-38(48)44(42-43-46)21-5-8-28-6-3-4-7-28/h9-10,12-16,18-20,22-23,28,33,35,39,41,47H,3-8,11,17,21,24-25H2,1-2H3/t33-,35-/m0/s1. The first kappa shape index (κ1) is 35.6. The van der Waals surface area contributed by atoms with E-state index in [-0.39, 0.29) is 16.7 Å². The van der Waals surface area contributed by atoms with Gasteiger partial charge in [-0.25, -0.2) is 18.2 Å². The molecular formula is C38H46N8O5S. The summed E-state index contributed by atoms with van der Waals surface area (Å²) in [6.07, 6.45) is 9.36. The predicted molar refractivity (Wildman–Crippen MR) is 198 cm³/mol. The van der Waals surface area contributed by atoms with Gasteiger partial charge in [0.05, 0.1) is 16.7 Å². The van der Waals surface area contributed by atoms with Gasteiger partial charge in [-0.1, -0.05) is 31.7 Å². The van der Waals surface area contributed by atoms with E-state index in [0.29, 0.717) is 49.6 Å². The Morgan fingerprint density at radius 2 is 1.73 bits per heavy atom. The SMILES string of the molecule is Cc1ccc(C)n1-c1ccc([C@@H](O)CNC[C@@H]2CCc3cc(S(=O)(=O)Nc4ccc(-n5nnn(CCCC6CCCC6)c5=O)cc4)ccc3O2)cn1. The molecule has 2 atom stereocenters. The molecule has 1 aliphatic carbocycles. The normalized spacial score (nSPS) is 16.8. The molecule has 0 spiro atoms. The van der Waals surface area contributed by atoms with E-state index >= 15 is 0 Å². The first-order chi connectivity index (χ1) is 25.1. The van der Waals surface area contributed by atoms with Gasteiger partial charge in [0.25, 0.3) is 10.0 Å². The number of benzene rings is 2. The highest BCUT2D eigenvalue weighted by atomic mass is 32.2. The number of aliphatic hydroxyl groups excluding tert-OH is 1. The van der Waals surface area contributed by atoms with Gasteiger partial charge in [-0.3, -0.25) is 4.72 Å². The van der Waals surface area contributed by atoms with Crippen molar-refractivity contribution in [3.63, 3.8) is 0 Å². The quantitative estimate of drug-likeness (QED) is 0.143. The molecule has 5 aromatic rings. The molecule has 2 aliphatic rings. The van der Waals surface area contributed by atoms with Crippen LogP contribution in [-0.4, -0.2) is 62.1 Å². The molecule has 13 nitrogen and oxygen atoms in total. The molecule has 1 aliphatic heterocycles. The maximum Gasteiger partial charge on any atom is 0.368 e. The molecule has 2 aromatic carbocycles. The number of hydrogen-bond donors (Lipinski definition) is 3. The molecular weight excluding hydrogens is 681 g/mol. The number of pyridine rings is 1. The van der Waals surface area contributed by atoms with Crippen molar-refractivity contribution in [1.82, 2.24) is 34.7 Å². The molecule has 0 radical (unpaired) electrons. The number of ether oxygens (including phenoxy) is 1. The molecule has 0 bridgehead atoms. The largest absolute Gasteiger partial charge is 0.489 e. The highest BCUT2D eigenvalue weighted by Gasteiger charge is 2.24. The average molecular weight is 727 g/mol. The Balaban J connectivity index is 0.895. The molecule has 52 heavy (non-hydrogen) atoms. The number of anilines is 1. The number of fused-ring (bicyclic) bond motifs is 1. The van der Waals surface area contributed by atoms with Crippen molar-refractivity contribution < 1.29 is 18.3 Å². The first-order valence-electron chi connectivity index (χ1n) is 18.1. The summed E-state index contributed by atoms with van der Waals surface area (Å²) in [6, 6.07) is 19.3. The summed E-state index contributed by atoms with van der Waals surface area (Å²) in [6.45, 7) is 5.48. The molecule has 1 fully saturated rings. The number of hydrogen-bond acceptors (Lipinski definition) is 9. The van der Waals surface area contributed by atoms with Gasteiger partial charge in [0, 0.05) is 48.5 Å². The zero-order chi connectivity index (χ0) is 36.2. The van der Waals surface area contributed by atoms with Gasteiger partial charge in [-0.2, -0.15) is 9.36 Å². The minimum Gasteiger partial charge on any atom is -0.489 e. The van der Waals surface area contributed by atoms with Crippen LogP contribution in [0.25, 0.3) is 11.5 Å². The molecule has 274 valence electrons. The fraction of sp³-hybridized carbons (Fsp3) is 0.421. The van der Waals surface area contributed by atoms with Crippen LogP contribution in [0, 0.1) is 19.8 Å². The van der Waals surface area contributed by atoms with Gasteiger partial charge in [0.2, 0.25) is 0 Å². The van der Waals surface area contributed by atoms with E-state index in [2.05, 4.69) is 42.1 Å². The van der Waals surface area contributed by atoms with E-state index in [9.17, 15) is 18.3 Å². The Hall–Kier alpha value is -4.79. The number of rotatable bonds is 14. The molecule has 3 aromatic heterocycles. The van der Waals surface area contributed by atoms with Crippen molar-refractivity contribution in [2.75, 3.05) is 17.8 Å². The van der Waals surface area contributed by atoms with Crippen LogP contribution in [-0.2, 0) is 23.0 Å². The highest BCUT2D eigenvalue weighted by molar-refractivity contribution is 7.92. The number of aromatic nitrogens is 6. The average Bonchev–Trinajstić information content (AvgIpc) is 3.89. The van der Waals surface area contributed by atoms with Gasteiger partial charge in [-0.15, -0.1) is 0 Å². The minimum atomic E-state index is -3.88. The number of sulfonamides is 1. The summed E-state index contributed by atoms with van der Waals surface area (Å²) >= 11 is 0. The third-order valence-corrected chi connectivity index (χ3v) is 11.6. The Morgan fingerprint density at radius 1 is 0.962 bits per heavy atom. The third-order valence-electron chi connectivity index (χ3n) is 10.2. The second-order valence-electron chi connectivity index (χ2n) is 14.0. The van der Waals surface area contributed by atoms with Crippen molar-refractivity contribution >= 4 is 15.7 Å². The summed E-state index contributed by atoms with van der Waals surface area (Å²) < 4.78 is 40.1. The van der Waals surface area contributed by atoms with Crippen LogP contribution in [0.15, 0.2) is 82.6 Å². The van der Waals surface area contributed by atoms with E-state index in [4.69, 9.17) is 4.74 Å². The maximum atomic E-state index is 13.3. The summed E-state index contributed by atoms with van der Waals surface area (Å²) in [5.74, 6) is 2.21. The van der Waals surface area contributed by atoms with Crippen LogP contribution >= 0.6 is 0 Å². The van der Waals surface area contributed by atoms with Crippen LogP contribution in [0.5, 0.6) is 5.75 Å². The van der Waals surface area contributed by atoms with Gasteiger partial charge in [0.1, 0.15) is 17.7 Å². The molecule has 0 unspecified atom stereocenters. The monoisotopic (exact) mass is 726 g/mol. The lowest BCUT2D eigenvalue weighted by Crippen LogP contribution is -2.36. The number of nitrogens with one attached hydrogen (secondary N) is 2. The fourth-order valence-electron chi connectivity index (χ4n) is 7.28. The summed E-state index contributed by atoms with van der Waals surface area (Å²) in [5, 5.41) is 22.1. The van der Waals surface area contributed by atoms with E-state index in [0.717, 1.165) is 47.1 Å². The number of aliphatic hydroxyl groups is 1. The lowest BCUT2D eigenvalue weighted by Gasteiger charge is -2.27. The summed E-state index contributed by atoms with van der Waals surface area (Å²) in [4.78, 5) is 17.6. The van der Waals surface area contributed by atoms with E-state index < -0.39 is 16.1 Å². The number of aryl methyl sites for hydroxylation is 4. The Morgan fingerprint density at radius 3 is 2.46 bits per heavy atom. The van der Waals surface area contributed by atoms with Crippen molar-refractivity contribution in [2.24, 2.45) is 5.92 Å². The van der Waals surface area contributed by atoms with E-state index in [1.807, 2.05) is 26.0 Å². The lowest BCUT2D eigenvalue weighted by atomic mass is 10.0. The molecule has 3 N–H and O–H groups in total. The van der Waals surface area contributed by atoms with Gasteiger partial charge in [-0.05, 0) is 122 Å². The summed E-state index contributed by atoms with van der Waals surface area (Å²) in [5.41, 5.74) is 4.30. The van der Waals surface area contributed by atoms with E-state index in [1.165, 1.54) is 41.1 Å². The molecule has 0 amide bonds. The smallest absolute Gasteiger partial charge is 0.368 e. The zero-order valence-corrected chi connectivity index (χ0v) is 30.4. The first-order valence-corrected chi connectivity index (χ1v) is 19.6. The Kier molecular flexibility index (Phi) is 10.6. The predicted octanol–water partition coefficient (Wildman–Crippen LogP) is 5.02. The second kappa shape index (κ2) is 15.4. The molecule has 14 heteroatoms. The van der Waals surface area contributed by atoms with E-state index in [1.54, 1.807) is 42.6 Å². The van der Waals surface area contributed by atoms with Gasteiger partial charge in [0.15, 0.2) is 0 Å². The van der Waals surface area contributed by atoms with Crippen LogP contribution < -0.4 is 20.5 Å². The highest BCUT2D eigenvalue weighted by Crippen LogP contribution is 2.31. The Labute approximate surface area is 303 Å². The lowest BCUT2D eigenvalue weighted by molar-refractivity contribution is 0.146. The number of nitrogens with zero attached hydrogens (tertiary/aromatic N) is 6. The maximum absolute atomic E-state index is 13.3. The molecule has 7 rings (SSSR count). The van der Waals surface area contributed by atoms with Crippen molar-refractivity contribution in [3.8, 4) is 17.3 Å². The summed E-state index contributed by atoms with van der Waals surface area (Å²) in [7, 11) is -3.88. The number of tetrazole rings is 1. The molecule has 4 heterocycles. The van der Waals surface area contributed by atoms with Crippen molar-refractivity contribution in [2.45, 2.75) is 88.9 Å². The van der Waals surface area contributed by atoms with Crippen LogP contribution in [0.3, 0.4) is 0 Å². The minimum absolute atomic E-state index is 0.120. The van der Waals surface area contributed by atoms with Gasteiger partial charge < -0.3 is 19.7 Å². The molecule has 1 saturated carbocycles. The topological polar surface area (TPSA) is 158 Å².